The molecule has 0 radical (unpaired) electrons. The van der Waals surface area contributed by atoms with E-state index in [1.54, 1.807) is 4.83 Å². The Labute approximate surface area is 108 Å². The molecular formula is C9H11N3O6S. The molecule has 0 aliphatic rings. The third-order valence-corrected chi connectivity index (χ3v) is 2.38. The fourth-order valence-corrected chi connectivity index (χ4v) is 1.41. The van der Waals surface area contributed by atoms with E-state index in [9.17, 15) is 23.6 Å². The van der Waals surface area contributed by atoms with Crippen molar-refractivity contribution in [3.05, 3.63) is 27.8 Å². The lowest BCUT2D eigenvalue weighted by atomic mass is 10.2. The van der Waals surface area contributed by atoms with Crippen LogP contribution in [0.15, 0.2) is 17.2 Å². The van der Waals surface area contributed by atoms with Crippen LogP contribution in [0.25, 0.3) is 0 Å². The number of nitrogens with one attached hydrogen (secondary N) is 1. The number of benzene rings is 1. The van der Waals surface area contributed by atoms with Crippen LogP contribution in [0.4, 0.5) is 5.69 Å². The molecule has 0 atom stereocenters. The zero-order chi connectivity index (χ0) is 14.6. The van der Waals surface area contributed by atoms with Crippen molar-refractivity contribution < 1.29 is 23.2 Å². The number of phenols is 1. The number of hydrogen-bond donors (Lipinski definition) is 2. The topological polar surface area (TPSA) is 131 Å². The highest BCUT2D eigenvalue weighted by atomic mass is 32.2. The highest BCUT2D eigenvalue weighted by Crippen LogP contribution is 2.33. The molecule has 1 aromatic carbocycles. The van der Waals surface area contributed by atoms with E-state index in [2.05, 4.69) is 5.10 Å². The first-order valence-electron chi connectivity index (χ1n) is 4.80. The summed E-state index contributed by atoms with van der Waals surface area (Å²) >= 11 is 0. The zero-order valence-electron chi connectivity index (χ0n) is 10.0. The Hall–Kier alpha value is -2.36. The molecule has 19 heavy (non-hydrogen) atoms. The van der Waals surface area contributed by atoms with E-state index in [0.717, 1.165) is 24.6 Å². The number of rotatable bonds is 5. The van der Waals surface area contributed by atoms with Gasteiger partial charge < -0.3 is 9.84 Å². The first-order valence-corrected chi connectivity index (χ1v) is 6.69. The molecule has 2 N–H and O–H groups in total. The fourth-order valence-electron chi connectivity index (χ4n) is 1.17. The molecule has 0 heterocycles. The van der Waals surface area contributed by atoms with E-state index in [0.29, 0.717) is 0 Å². The van der Waals surface area contributed by atoms with Crippen molar-refractivity contribution in [2.45, 2.75) is 0 Å². The maximum atomic E-state index is 10.8. The SMILES string of the molecule is COc1cc([N+](=O)[O-])cc(/C=N/NS(C)(=O)=O)c1O. The Morgan fingerprint density at radius 2 is 2.16 bits per heavy atom. The van der Waals surface area contributed by atoms with E-state index in [1.807, 2.05) is 0 Å². The molecule has 0 bridgehead atoms. The number of nitrogens with zero attached hydrogens (tertiary/aromatic N) is 2. The molecule has 0 saturated heterocycles. The summed E-state index contributed by atoms with van der Waals surface area (Å²) < 4.78 is 26.3. The minimum atomic E-state index is -3.54. The number of non-ortho nitro benzene ring substituents is 1. The second-order valence-corrected chi connectivity index (χ2v) is 5.19. The molecule has 0 aliphatic carbocycles. The number of sulfonamides is 1. The molecule has 9 nitrogen and oxygen atoms in total. The summed E-state index contributed by atoms with van der Waals surface area (Å²) in [5.74, 6) is -0.498. The van der Waals surface area contributed by atoms with Gasteiger partial charge in [-0.25, -0.2) is 13.2 Å². The summed E-state index contributed by atoms with van der Waals surface area (Å²) in [6, 6.07) is 2.07. The quantitative estimate of drug-likeness (QED) is 0.452. The summed E-state index contributed by atoms with van der Waals surface area (Å²) in [6.07, 6.45) is 1.82. The van der Waals surface area contributed by atoms with Gasteiger partial charge in [-0.1, -0.05) is 0 Å². The molecule has 1 rings (SSSR count). The third kappa shape index (κ3) is 4.10. The first kappa shape index (κ1) is 14.7. The van der Waals surface area contributed by atoms with Crippen LogP contribution in [0.1, 0.15) is 5.56 Å². The predicted octanol–water partition coefficient (Wildman–Crippen LogP) is 0.192. The normalized spacial score (nSPS) is 11.5. The largest absolute Gasteiger partial charge is 0.504 e. The number of phenolic OH excluding ortho intramolecular Hbond substituents is 1. The van der Waals surface area contributed by atoms with Gasteiger partial charge in [0.25, 0.3) is 5.69 Å². The highest BCUT2D eigenvalue weighted by molar-refractivity contribution is 7.88. The lowest BCUT2D eigenvalue weighted by Crippen LogP contribution is -2.15. The van der Waals surface area contributed by atoms with Crippen LogP contribution in [0.5, 0.6) is 11.5 Å². The van der Waals surface area contributed by atoms with E-state index < -0.39 is 14.9 Å². The monoisotopic (exact) mass is 289 g/mol. The molecular weight excluding hydrogens is 278 g/mol. The van der Waals surface area contributed by atoms with E-state index in [1.165, 1.54) is 7.11 Å². The number of ether oxygens (including phenoxy) is 1. The summed E-state index contributed by atoms with van der Waals surface area (Å²) in [5.41, 5.74) is -0.377. The Morgan fingerprint density at radius 3 is 2.63 bits per heavy atom. The van der Waals surface area contributed by atoms with Gasteiger partial charge in [0.2, 0.25) is 10.0 Å². The van der Waals surface area contributed by atoms with Crippen LogP contribution >= 0.6 is 0 Å². The predicted molar refractivity (Wildman–Crippen MR) is 66.9 cm³/mol. The van der Waals surface area contributed by atoms with Crippen molar-refractivity contribution >= 4 is 21.9 Å². The van der Waals surface area contributed by atoms with Gasteiger partial charge in [0, 0.05) is 11.6 Å². The Bertz CT molecular complexity index is 625. The number of nitro groups is 1. The van der Waals surface area contributed by atoms with Gasteiger partial charge in [-0.05, 0) is 0 Å². The van der Waals surface area contributed by atoms with Gasteiger partial charge in [0.05, 0.1) is 30.6 Å². The van der Waals surface area contributed by atoms with E-state index >= 15 is 0 Å². The van der Waals surface area contributed by atoms with Crippen molar-refractivity contribution in [3.63, 3.8) is 0 Å². The van der Waals surface area contributed by atoms with E-state index in [-0.39, 0.29) is 22.7 Å². The summed E-state index contributed by atoms with van der Waals surface area (Å²) in [6.45, 7) is 0. The minimum absolute atomic E-state index is 0.0535. The lowest BCUT2D eigenvalue weighted by Gasteiger charge is -2.05. The maximum absolute atomic E-state index is 10.8. The number of aromatic hydroxyl groups is 1. The van der Waals surface area contributed by atoms with Crippen molar-refractivity contribution in [3.8, 4) is 11.5 Å². The number of nitro benzene ring substituents is 1. The van der Waals surface area contributed by atoms with Gasteiger partial charge in [0.15, 0.2) is 11.5 Å². The molecule has 0 aromatic heterocycles. The number of hydrogen-bond acceptors (Lipinski definition) is 7. The van der Waals surface area contributed by atoms with Gasteiger partial charge in [0.1, 0.15) is 0 Å². The van der Waals surface area contributed by atoms with Crippen LogP contribution in [-0.4, -0.2) is 38.0 Å². The maximum Gasteiger partial charge on any atom is 0.274 e. The Balaban J connectivity index is 3.19. The third-order valence-electron chi connectivity index (χ3n) is 1.94. The lowest BCUT2D eigenvalue weighted by molar-refractivity contribution is -0.385. The Kier molecular flexibility index (Phi) is 4.27. The number of hydrazone groups is 1. The Morgan fingerprint density at radius 1 is 1.53 bits per heavy atom. The van der Waals surface area contributed by atoms with Crippen LogP contribution in [0.2, 0.25) is 0 Å². The van der Waals surface area contributed by atoms with Gasteiger partial charge >= 0.3 is 0 Å². The number of methoxy groups -OCH3 is 1. The summed E-state index contributed by atoms with van der Waals surface area (Å²) in [7, 11) is -2.31. The van der Waals surface area contributed by atoms with E-state index in [4.69, 9.17) is 4.74 Å². The smallest absolute Gasteiger partial charge is 0.274 e. The standard InChI is InChI=1S/C9H11N3O6S/c1-18-8-4-7(12(14)15)3-6(9(8)13)5-10-11-19(2,16)17/h3-5,11,13H,1-2H3/b10-5+. The van der Waals surface area contributed by atoms with Crippen molar-refractivity contribution in [1.82, 2.24) is 4.83 Å². The van der Waals surface area contributed by atoms with Crippen molar-refractivity contribution in [2.75, 3.05) is 13.4 Å². The van der Waals surface area contributed by atoms with Crippen LogP contribution in [0.3, 0.4) is 0 Å². The summed E-state index contributed by atoms with van der Waals surface area (Å²) in [4.78, 5) is 11.8. The molecule has 104 valence electrons. The van der Waals surface area contributed by atoms with Crippen molar-refractivity contribution in [1.29, 1.82) is 0 Å². The average molecular weight is 289 g/mol. The second kappa shape index (κ2) is 5.52. The van der Waals surface area contributed by atoms with Crippen LogP contribution < -0.4 is 9.57 Å². The molecule has 0 unspecified atom stereocenters. The average Bonchev–Trinajstić information content (AvgIpc) is 2.29. The molecule has 1 aromatic rings. The minimum Gasteiger partial charge on any atom is -0.504 e. The molecule has 0 amide bonds. The molecule has 0 spiro atoms. The zero-order valence-corrected chi connectivity index (χ0v) is 10.8. The van der Waals surface area contributed by atoms with Gasteiger partial charge in [-0.2, -0.15) is 5.10 Å². The van der Waals surface area contributed by atoms with Crippen LogP contribution in [0, 0.1) is 10.1 Å². The highest BCUT2D eigenvalue weighted by Gasteiger charge is 2.15. The van der Waals surface area contributed by atoms with Crippen molar-refractivity contribution in [2.24, 2.45) is 5.10 Å². The van der Waals surface area contributed by atoms with Crippen LogP contribution in [-0.2, 0) is 10.0 Å². The molecule has 10 heteroatoms. The molecule has 0 fully saturated rings. The molecule has 0 saturated carbocycles. The summed E-state index contributed by atoms with van der Waals surface area (Å²) in [5, 5.41) is 23.7. The fraction of sp³-hybridized carbons (Fsp3) is 0.222. The second-order valence-electron chi connectivity index (χ2n) is 3.46. The molecule has 0 aliphatic heterocycles. The van der Waals surface area contributed by atoms with Gasteiger partial charge in [-0.3, -0.25) is 10.1 Å². The van der Waals surface area contributed by atoms with Gasteiger partial charge in [-0.15, -0.1) is 0 Å². The first-order chi connectivity index (χ1) is 8.74.